The molecule has 39 valence electrons. The monoisotopic (exact) mass is 99.1 g/mol. The van der Waals surface area contributed by atoms with Gasteiger partial charge in [-0.05, 0) is 6.42 Å². The molecule has 0 amide bonds. The molecule has 1 aliphatic heterocycles. The number of aliphatic hydroxyl groups excluding tert-OH is 2. The Morgan fingerprint density at radius 1 is 1.43 bits per heavy atom. The van der Waals surface area contributed by atoms with E-state index >= 15 is 0 Å². The van der Waals surface area contributed by atoms with E-state index in [-0.39, 0.29) is 0 Å². The highest BCUT2D eigenvalue weighted by Gasteiger charge is 2.22. The zero-order valence-corrected chi connectivity index (χ0v) is 4.04. The van der Waals surface area contributed by atoms with Gasteiger partial charge in [-0.15, -0.1) is 0 Å². The first-order chi connectivity index (χ1) is 3.30. The van der Waals surface area contributed by atoms with Crippen LogP contribution < -0.4 is 0 Å². The van der Waals surface area contributed by atoms with Gasteiger partial charge in [-0.3, -0.25) is 0 Å². The third kappa shape index (κ3) is 0.953. The molecule has 2 N–H and O–H groups in total. The quantitative estimate of drug-likeness (QED) is 0.390. The molecular weight excluding hydrogens is 90.9 g/mol. The first-order valence-corrected chi connectivity index (χ1v) is 2.50. The molecule has 0 aromatic carbocycles. The Morgan fingerprint density at radius 3 is 2.29 bits per heavy atom. The molecule has 7 heavy (non-hydrogen) atoms. The lowest BCUT2D eigenvalue weighted by Gasteiger charge is -2.03. The van der Waals surface area contributed by atoms with E-state index in [2.05, 4.69) is 0 Å². The van der Waals surface area contributed by atoms with Gasteiger partial charge < -0.3 is 10.2 Å². The average molecular weight is 98.9 g/mol. The van der Waals surface area contributed by atoms with Gasteiger partial charge in [0.05, 0.1) is 6.10 Å². The topological polar surface area (TPSA) is 40.5 Å². The molecule has 1 saturated heterocycles. The van der Waals surface area contributed by atoms with Crippen molar-refractivity contribution in [3.63, 3.8) is 0 Å². The summed E-state index contributed by atoms with van der Waals surface area (Å²) in [6.45, 7) is 0. The van der Waals surface area contributed by atoms with Crippen LogP contribution in [0.5, 0.6) is 0 Å². The largest absolute Gasteiger partial charge is 0.400 e. The molecule has 0 spiro atoms. The van der Waals surface area contributed by atoms with E-state index in [1.54, 1.807) is 7.28 Å². The van der Waals surface area contributed by atoms with Crippen LogP contribution in [-0.4, -0.2) is 29.6 Å². The zero-order chi connectivity index (χ0) is 5.28. The predicted molar refractivity (Wildman–Crippen MR) is 27.2 cm³/mol. The van der Waals surface area contributed by atoms with Crippen LogP contribution >= 0.6 is 0 Å². The molecule has 0 aromatic heterocycles. The highest BCUT2D eigenvalue weighted by Crippen LogP contribution is 2.11. The molecule has 0 aromatic rings. The smallest absolute Gasteiger partial charge is 0.152 e. The van der Waals surface area contributed by atoms with Crippen LogP contribution in [0.4, 0.5) is 0 Å². The van der Waals surface area contributed by atoms with Crippen LogP contribution in [0.25, 0.3) is 0 Å². The number of hydrogen-bond donors (Lipinski definition) is 2. The molecule has 1 heterocycles. The molecule has 1 rings (SSSR count). The summed E-state index contributed by atoms with van der Waals surface area (Å²) in [4.78, 5) is 0. The van der Waals surface area contributed by atoms with Crippen molar-refractivity contribution in [2.24, 2.45) is 0 Å². The molecular formula is C4H8BO2. The maximum Gasteiger partial charge on any atom is 0.152 e. The Balaban J connectivity index is 2.33. The minimum Gasteiger partial charge on any atom is -0.400 e. The van der Waals surface area contributed by atoms with E-state index in [4.69, 9.17) is 10.2 Å². The Hall–Kier alpha value is -0.0151. The molecule has 2 atom stereocenters. The average Bonchev–Trinajstić information content (AvgIpc) is 1.91. The number of rotatable bonds is 0. The summed E-state index contributed by atoms with van der Waals surface area (Å²) in [7, 11) is 1.73. The highest BCUT2D eigenvalue weighted by molar-refractivity contribution is 6.38. The van der Waals surface area contributed by atoms with Crippen molar-refractivity contribution >= 4 is 7.28 Å². The summed E-state index contributed by atoms with van der Waals surface area (Å²) >= 11 is 0. The first kappa shape index (κ1) is 5.13. The van der Waals surface area contributed by atoms with Crippen LogP contribution in [0.2, 0.25) is 6.32 Å². The molecule has 2 nitrogen and oxygen atoms in total. The fraction of sp³-hybridized carbons (Fsp3) is 1.00. The van der Waals surface area contributed by atoms with Crippen molar-refractivity contribution in [2.75, 3.05) is 0 Å². The molecule has 1 radical (unpaired) electrons. The molecule has 1 fully saturated rings. The van der Waals surface area contributed by atoms with Gasteiger partial charge >= 0.3 is 0 Å². The lowest BCUT2D eigenvalue weighted by molar-refractivity contribution is 0.0758. The van der Waals surface area contributed by atoms with Gasteiger partial charge in [0.15, 0.2) is 7.28 Å². The second kappa shape index (κ2) is 1.84. The molecule has 2 unspecified atom stereocenters. The van der Waals surface area contributed by atoms with Crippen molar-refractivity contribution in [1.29, 1.82) is 0 Å². The van der Waals surface area contributed by atoms with Gasteiger partial charge in [0, 0.05) is 6.00 Å². The Morgan fingerprint density at radius 2 is 2.14 bits per heavy atom. The molecule has 0 saturated carbocycles. The first-order valence-electron chi connectivity index (χ1n) is 2.50. The number of hydrogen-bond acceptors (Lipinski definition) is 2. The molecule has 0 bridgehead atoms. The summed E-state index contributed by atoms with van der Waals surface area (Å²) in [5.41, 5.74) is 0. The maximum absolute atomic E-state index is 8.72. The van der Waals surface area contributed by atoms with Crippen molar-refractivity contribution in [3.05, 3.63) is 0 Å². The lowest BCUT2D eigenvalue weighted by Crippen LogP contribution is -2.22. The van der Waals surface area contributed by atoms with E-state index in [1.165, 1.54) is 0 Å². The van der Waals surface area contributed by atoms with Gasteiger partial charge in [0.1, 0.15) is 0 Å². The Kier molecular flexibility index (Phi) is 1.35. The van der Waals surface area contributed by atoms with Crippen LogP contribution in [0.3, 0.4) is 0 Å². The van der Waals surface area contributed by atoms with E-state index in [0.717, 1.165) is 12.7 Å². The van der Waals surface area contributed by atoms with Gasteiger partial charge in [0.25, 0.3) is 0 Å². The zero-order valence-electron chi connectivity index (χ0n) is 4.04. The minimum absolute atomic E-state index is 0.486. The fourth-order valence-electron chi connectivity index (χ4n) is 0.766. The summed E-state index contributed by atoms with van der Waals surface area (Å²) < 4.78 is 0. The van der Waals surface area contributed by atoms with E-state index < -0.39 is 12.1 Å². The van der Waals surface area contributed by atoms with Gasteiger partial charge in [-0.1, -0.05) is 6.32 Å². The van der Waals surface area contributed by atoms with Crippen molar-refractivity contribution in [1.82, 2.24) is 0 Å². The van der Waals surface area contributed by atoms with Crippen LogP contribution in [-0.2, 0) is 0 Å². The third-order valence-electron chi connectivity index (χ3n) is 1.26. The van der Waals surface area contributed by atoms with Crippen LogP contribution in [0, 0.1) is 0 Å². The maximum atomic E-state index is 8.72. The second-order valence-corrected chi connectivity index (χ2v) is 1.87. The third-order valence-corrected chi connectivity index (χ3v) is 1.26. The molecule has 1 aliphatic rings. The van der Waals surface area contributed by atoms with E-state index in [9.17, 15) is 0 Å². The normalized spacial score (nSPS) is 40.9. The summed E-state index contributed by atoms with van der Waals surface area (Å²) in [5.74, 6) is 0. The SMILES string of the molecule is OC1[B]CCC1O. The Bertz CT molecular complexity index is 58.7. The van der Waals surface area contributed by atoms with Gasteiger partial charge in [0.2, 0.25) is 0 Å². The van der Waals surface area contributed by atoms with Crippen LogP contribution in [0.15, 0.2) is 0 Å². The predicted octanol–water partition coefficient (Wildman–Crippen LogP) is -0.808. The Labute approximate surface area is 43.4 Å². The van der Waals surface area contributed by atoms with Crippen molar-refractivity contribution < 1.29 is 10.2 Å². The standard InChI is InChI=1S/C4H8BO2/c6-3-1-2-5-4(3)7/h3-4,6-7H,1-2H2. The highest BCUT2D eigenvalue weighted by atomic mass is 16.3. The fourth-order valence-corrected chi connectivity index (χ4v) is 0.766. The van der Waals surface area contributed by atoms with Gasteiger partial charge in [-0.25, -0.2) is 0 Å². The van der Waals surface area contributed by atoms with Crippen molar-refractivity contribution in [2.45, 2.75) is 24.8 Å². The van der Waals surface area contributed by atoms with E-state index in [1.807, 2.05) is 0 Å². The number of aliphatic hydroxyl groups is 2. The summed E-state index contributed by atoms with van der Waals surface area (Å²) in [6.07, 6.45) is 1.09. The van der Waals surface area contributed by atoms with Gasteiger partial charge in [-0.2, -0.15) is 0 Å². The molecule has 0 aliphatic carbocycles. The minimum atomic E-state index is -0.556. The summed E-state index contributed by atoms with van der Waals surface area (Å²) in [5, 5.41) is 17.4. The van der Waals surface area contributed by atoms with Crippen molar-refractivity contribution in [3.8, 4) is 0 Å². The second-order valence-electron chi connectivity index (χ2n) is 1.87. The lowest BCUT2D eigenvalue weighted by atomic mass is 9.74. The van der Waals surface area contributed by atoms with Crippen LogP contribution in [0.1, 0.15) is 6.42 Å². The summed E-state index contributed by atoms with van der Waals surface area (Å²) in [6, 6.07) is -0.556. The molecule has 3 heteroatoms. The van der Waals surface area contributed by atoms with E-state index in [0.29, 0.717) is 0 Å².